The number of rotatable bonds is 5. The second-order valence-corrected chi connectivity index (χ2v) is 7.82. The van der Waals surface area contributed by atoms with E-state index in [1.807, 2.05) is 0 Å². The Morgan fingerprint density at radius 3 is 1.50 bits per heavy atom. The van der Waals surface area contributed by atoms with Crippen molar-refractivity contribution in [2.24, 2.45) is 0 Å². The molecule has 36 heavy (non-hydrogen) atoms. The first-order chi connectivity index (χ1) is 16.8. The molecule has 5 nitrogen and oxygen atoms in total. The first-order valence-corrected chi connectivity index (χ1v) is 10.1. The van der Waals surface area contributed by atoms with E-state index >= 15 is 0 Å². The normalized spacial score (nSPS) is 17.6. The van der Waals surface area contributed by atoms with Gasteiger partial charge in [0.1, 0.15) is 11.5 Å². The van der Waals surface area contributed by atoms with E-state index in [1.54, 1.807) is 0 Å². The van der Waals surface area contributed by atoms with Gasteiger partial charge in [-0.3, -0.25) is 0 Å². The highest BCUT2D eigenvalue weighted by Crippen LogP contribution is 2.64. The van der Waals surface area contributed by atoms with Gasteiger partial charge in [0.15, 0.2) is 0 Å². The lowest BCUT2D eigenvalue weighted by molar-refractivity contribution is -0.254. The average molecular weight is 508 g/mol. The van der Waals surface area contributed by atoms with E-state index in [-0.39, 0.29) is 22.6 Å². The molecule has 0 saturated heterocycles. The van der Waals surface area contributed by atoms with Crippen molar-refractivity contribution in [1.82, 2.24) is 0 Å². The van der Waals surface area contributed by atoms with Gasteiger partial charge in [0.2, 0.25) is 0 Å². The molecule has 4 rings (SSSR count). The van der Waals surface area contributed by atoms with Crippen LogP contribution in [-0.4, -0.2) is 39.9 Å². The molecule has 0 radical (unpaired) electrons. The molecule has 0 heterocycles. The van der Waals surface area contributed by atoms with Crippen molar-refractivity contribution in [3.05, 3.63) is 95.1 Å². The van der Waals surface area contributed by atoms with Crippen LogP contribution in [0.2, 0.25) is 0 Å². The Morgan fingerprint density at radius 1 is 0.639 bits per heavy atom. The maximum Gasteiger partial charge on any atom is 0.380 e. The smallest absolute Gasteiger partial charge is 0.380 e. The fraction of sp³-hybridized carbons (Fsp3) is 0.120. The number of hydrogen-bond acceptors (Lipinski definition) is 4. The van der Waals surface area contributed by atoms with E-state index < -0.39 is 52.0 Å². The van der Waals surface area contributed by atoms with Crippen molar-refractivity contribution in [1.29, 1.82) is 0 Å². The Balaban J connectivity index is 1.71. The number of benzene rings is 3. The number of phenolic OH excluding ortho intramolecular Hbond substituents is 1. The monoisotopic (exact) mass is 508 g/mol. The highest BCUT2D eigenvalue weighted by molar-refractivity contribution is 6.01. The van der Waals surface area contributed by atoms with Crippen LogP contribution < -0.4 is 4.74 Å². The second-order valence-electron chi connectivity index (χ2n) is 7.82. The molecular formula is C25H14F6O5. The predicted molar refractivity (Wildman–Crippen MR) is 115 cm³/mol. The van der Waals surface area contributed by atoms with Gasteiger partial charge >= 0.3 is 29.7 Å². The van der Waals surface area contributed by atoms with Crippen molar-refractivity contribution in [2.45, 2.75) is 17.8 Å². The van der Waals surface area contributed by atoms with Crippen molar-refractivity contribution in [3.8, 4) is 11.5 Å². The summed E-state index contributed by atoms with van der Waals surface area (Å²) in [4.78, 5) is 23.1. The summed E-state index contributed by atoms with van der Waals surface area (Å²) in [6.45, 7) is 0. The Bertz CT molecular complexity index is 1360. The summed E-state index contributed by atoms with van der Waals surface area (Å²) < 4.78 is 92.4. The summed E-state index contributed by atoms with van der Waals surface area (Å²) in [5, 5.41) is 18.3. The van der Waals surface area contributed by atoms with Gasteiger partial charge in [-0.2, -0.15) is 26.3 Å². The molecule has 0 saturated carbocycles. The standard InChI is InChI=1S/C25H14F6O5/c26-23(27)19(13-5-9-17(32)10-6-13)20(24(28,29)25(23,30)31)14-7-11-18(12-8-14)36-22(35)16-3-1-15(2-4-16)21(33)34/h1-12,32H,(H,33,34). The summed E-state index contributed by atoms with van der Waals surface area (Å²) in [6.07, 6.45) is 0. The van der Waals surface area contributed by atoms with Crippen molar-refractivity contribution < 1.29 is 50.9 Å². The second kappa shape index (κ2) is 8.43. The molecule has 0 atom stereocenters. The average Bonchev–Trinajstić information content (AvgIpc) is 2.94. The number of carboxylic acid groups (broad SMARTS) is 1. The third kappa shape index (κ3) is 3.86. The van der Waals surface area contributed by atoms with Gasteiger partial charge < -0.3 is 14.9 Å². The number of carboxylic acids is 1. The molecule has 3 aromatic carbocycles. The largest absolute Gasteiger partial charge is 0.508 e. The Hall–Kier alpha value is -4.28. The molecule has 0 amide bonds. The molecule has 0 aromatic heterocycles. The first-order valence-electron chi connectivity index (χ1n) is 10.1. The zero-order valence-electron chi connectivity index (χ0n) is 17.8. The lowest BCUT2D eigenvalue weighted by atomic mass is 9.95. The fourth-order valence-electron chi connectivity index (χ4n) is 3.71. The van der Waals surface area contributed by atoms with Crippen LogP contribution in [0.5, 0.6) is 11.5 Å². The predicted octanol–water partition coefficient (Wildman–Crippen LogP) is 6.14. The van der Waals surface area contributed by atoms with Crippen LogP contribution in [0.25, 0.3) is 11.1 Å². The number of aromatic carboxylic acids is 1. The number of ether oxygens (including phenoxy) is 1. The minimum atomic E-state index is -5.74. The summed E-state index contributed by atoms with van der Waals surface area (Å²) in [7, 11) is 0. The summed E-state index contributed by atoms with van der Waals surface area (Å²) in [5.41, 5.74) is -4.62. The molecule has 3 aromatic rings. The lowest BCUT2D eigenvalue weighted by Gasteiger charge is -2.25. The summed E-state index contributed by atoms with van der Waals surface area (Å²) in [5.74, 6) is -19.0. The molecule has 2 N–H and O–H groups in total. The third-order valence-electron chi connectivity index (χ3n) is 5.54. The highest BCUT2D eigenvalue weighted by atomic mass is 19.3. The van der Waals surface area contributed by atoms with Gasteiger partial charge in [0.05, 0.1) is 11.1 Å². The Morgan fingerprint density at radius 2 is 1.06 bits per heavy atom. The number of halogens is 6. The summed E-state index contributed by atoms with van der Waals surface area (Å²) >= 11 is 0. The minimum Gasteiger partial charge on any atom is -0.508 e. The molecule has 1 aliphatic rings. The van der Waals surface area contributed by atoms with Crippen LogP contribution >= 0.6 is 0 Å². The van der Waals surface area contributed by atoms with E-state index in [2.05, 4.69) is 0 Å². The Labute approximate surface area is 198 Å². The number of hydrogen-bond donors (Lipinski definition) is 2. The molecular weight excluding hydrogens is 494 g/mol. The summed E-state index contributed by atoms with van der Waals surface area (Å²) in [6, 6.07) is 11.7. The maximum absolute atomic E-state index is 14.7. The SMILES string of the molecule is O=C(O)c1ccc(C(=O)Oc2ccc(C3=C(c4ccc(O)cc4)C(F)(F)C(F)(F)C3(F)F)cc2)cc1. The van der Waals surface area contributed by atoms with Crippen molar-refractivity contribution in [3.63, 3.8) is 0 Å². The Kier molecular flexibility index (Phi) is 5.82. The number of aromatic hydroxyl groups is 1. The number of esters is 1. The van der Waals surface area contributed by atoms with Crippen LogP contribution in [0.4, 0.5) is 26.3 Å². The van der Waals surface area contributed by atoms with Crippen molar-refractivity contribution in [2.75, 3.05) is 0 Å². The molecule has 0 fully saturated rings. The zero-order valence-corrected chi connectivity index (χ0v) is 17.8. The van der Waals surface area contributed by atoms with Gasteiger partial charge in [-0.25, -0.2) is 9.59 Å². The van der Waals surface area contributed by atoms with E-state index in [9.17, 15) is 41.0 Å². The molecule has 186 valence electrons. The van der Waals surface area contributed by atoms with Crippen molar-refractivity contribution >= 4 is 23.1 Å². The van der Waals surface area contributed by atoms with E-state index in [0.29, 0.717) is 0 Å². The molecule has 11 heteroatoms. The third-order valence-corrected chi connectivity index (χ3v) is 5.54. The van der Waals surface area contributed by atoms with E-state index in [1.165, 1.54) is 12.1 Å². The first kappa shape index (κ1) is 24.8. The van der Waals surface area contributed by atoms with Crippen LogP contribution in [0.3, 0.4) is 0 Å². The van der Waals surface area contributed by atoms with Gasteiger partial charge in [0, 0.05) is 11.1 Å². The van der Waals surface area contributed by atoms with Gasteiger partial charge in [-0.1, -0.05) is 24.3 Å². The molecule has 0 unspecified atom stereocenters. The lowest BCUT2D eigenvalue weighted by Crippen LogP contribution is -2.48. The van der Waals surface area contributed by atoms with E-state index in [4.69, 9.17) is 9.84 Å². The van der Waals surface area contributed by atoms with Gasteiger partial charge in [-0.15, -0.1) is 0 Å². The highest BCUT2D eigenvalue weighted by Gasteiger charge is 2.80. The number of allylic oxidation sites excluding steroid dienone is 2. The molecule has 0 aliphatic heterocycles. The van der Waals surface area contributed by atoms with Crippen LogP contribution in [0.1, 0.15) is 31.8 Å². The van der Waals surface area contributed by atoms with Crippen LogP contribution in [0, 0.1) is 0 Å². The van der Waals surface area contributed by atoms with Gasteiger partial charge in [-0.05, 0) is 59.7 Å². The topological polar surface area (TPSA) is 83.8 Å². The fourth-order valence-corrected chi connectivity index (χ4v) is 3.71. The van der Waals surface area contributed by atoms with Gasteiger partial charge in [0.25, 0.3) is 0 Å². The van der Waals surface area contributed by atoms with Crippen LogP contribution in [0.15, 0.2) is 72.8 Å². The molecule has 0 spiro atoms. The molecule has 1 aliphatic carbocycles. The number of alkyl halides is 6. The number of carbonyl (C=O) groups is 2. The number of phenols is 1. The zero-order chi connectivity index (χ0) is 26.5. The quantitative estimate of drug-likeness (QED) is 0.246. The van der Waals surface area contributed by atoms with E-state index in [0.717, 1.165) is 60.7 Å². The minimum absolute atomic E-state index is 0.0389. The molecule has 0 bridgehead atoms. The number of carbonyl (C=O) groups excluding carboxylic acids is 1. The maximum atomic E-state index is 14.7. The van der Waals surface area contributed by atoms with Crippen LogP contribution in [-0.2, 0) is 0 Å².